The van der Waals surface area contributed by atoms with Gasteiger partial charge in [0.15, 0.2) is 0 Å². The smallest absolute Gasteiger partial charge is 0.221 e. The maximum atomic E-state index is 9.74. The highest BCUT2D eigenvalue weighted by molar-refractivity contribution is 5.41. The number of aromatic nitrogens is 2. The molecule has 1 fully saturated rings. The number of piperidine rings is 1. The fraction of sp³-hybridized carbons (Fsp3) is 0.556. The molecular weight excluding hydrogens is 180 g/mol. The van der Waals surface area contributed by atoms with Gasteiger partial charge in [-0.15, -0.1) is 0 Å². The Morgan fingerprint density at radius 2 is 2.36 bits per heavy atom. The van der Waals surface area contributed by atoms with Crippen molar-refractivity contribution in [3.63, 3.8) is 0 Å². The van der Waals surface area contributed by atoms with Gasteiger partial charge in [-0.25, -0.2) is 4.98 Å². The van der Waals surface area contributed by atoms with Crippen LogP contribution in [0.1, 0.15) is 19.3 Å². The van der Waals surface area contributed by atoms with Crippen molar-refractivity contribution in [2.75, 3.05) is 17.2 Å². The Morgan fingerprint density at radius 1 is 1.50 bits per heavy atom. The molecule has 14 heavy (non-hydrogen) atoms. The SMILES string of the molecule is Nc1nccc(N2CCCCC2O)n1. The molecule has 76 valence electrons. The lowest BCUT2D eigenvalue weighted by Crippen LogP contribution is -2.39. The molecule has 1 aliphatic heterocycles. The molecular formula is C9H14N4O. The molecule has 1 saturated heterocycles. The Labute approximate surface area is 82.6 Å². The van der Waals surface area contributed by atoms with E-state index < -0.39 is 6.23 Å². The van der Waals surface area contributed by atoms with Crippen LogP contribution in [0.3, 0.4) is 0 Å². The van der Waals surface area contributed by atoms with E-state index in [1.54, 1.807) is 12.3 Å². The number of nitrogens with zero attached hydrogens (tertiary/aromatic N) is 3. The van der Waals surface area contributed by atoms with Gasteiger partial charge in [-0.3, -0.25) is 0 Å². The van der Waals surface area contributed by atoms with Gasteiger partial charge in [0.05, 0.1) is 0 Å². The van der Waals surface area contributed by atoms with E-state index in [-0.39, 0.29) is 5.95 Å². The summed E-state index contributed by atoms with van der Waals surface area (Å²) in [5.74, 6) is 0.963. The standard InChI is InChI=1S/C9H14N4O/c10-9-11-5-4-7(12-9)13-6-2-1-3-8(13)14/h4-5,8,14H,1-3,6H2,(H2,10,11,12). The molecule has 0 spiro atoms. The average molecular weight is 194 g/mol. The van der Waals surface area contributed by atoms with Crippen LogP contribution in [0, 0.1) is 0 Å². The van der Waals surface area contributed by atoms with E-state index >= 15 is 0 Å². The van der Waals surface area contributed by atoms with E-state index in [1.165, 1.54) is 0 Å². The zero-order valence-electron chi connectivity index (χ0n) is 7.93. The number of aliphatic hydroxyl groups excluding tert-OH is 1. The summed E-state index contributed by atoms with van der Waals surface area (Å²) < 4.78 is 0. The highest BCUT2D eigenvalue weighted by Gasteiger charge is 2.21. The topological polar surface area (TPSA) is 75.3 Å². The van der Waals surface area contributed by atoms with Gasteiger partial charge in [0.2, 0.25) is 5.95 Å². The van der Waals surface area contributed by atoms with Gasteiger partial charge in [0, 0.05) is 12.7 Å². The van der Waals surface area contributed by atoms with E-state index in [0.717, 1.165) is 25.8 Å². The van der Waals surface area contributed by atoms with Crippen molar-refractivity contribution in [3.05, 3.63) is 12.3 Å². The number of aliphatic hydroxyl groups is 1. The second-order valence-corrected chi connectivity index (χ2v) is 3.44. The maximum absolute atomic E-state index is 9.74. The Bertz CT molecular complexity index is 317. The second kappa shape index (κ2) is 3.79. The van der Waals surface area contributed by atoms with Crippen molar-refractivity contribution in [3.8, 4) is 0 Å². The van der Waals surface area contributed by atoms with Crippen LogP contribution in [-0.2, 0) is 0 Å². The van der Waals surface area contributed by atoms with Crippen LogP contribution in [0.15, 0.2) is 12.3 Å². The van der Waals surface area contributed by atoms with Crippen molar-refractivity contribution in [2.45, 2.75) is 25.5 Å². The van der Waals surface area contributed by atoms with Crippen LogP contribution in [0.25, 0.3) is 0 Å². The molecule has 1 aliphatic rings. The molecule has 0 amide bonds. The van der Waals surface area contributed by atoms with E-state index in [4.69, 9.17) is 5.73 Å². The van der Waals surface area contributed by atoms with Gasteiger partial charge in [-0.05, 0) is 25.3 Å². The molecule has 1 aromatic rings. The maximum Gasteiger partial charge on any atom is 0.221 e. The quantitative estimate of drug-likeness (QED) is 0.675. The molecule has 0 aromatic carbocycles. The minimum atomic E-state index is -0.432. The number of rotatable bonds is 1. The van der Waals surface area contributed by atoms with E-state index in [9.17, 15) is 5.11 Å². The lowest BCUT2D eigenvalue weighted by atomic mass is 10.1. The molecule has 1 unspecified atom stereocenters. The first kappa shape index (κ1) is 9.21. The second-order valence-electron chi connectivity index (χ2n) is 3.44. The Morgan fingerprint density at radius 3 is 3.07 bits per heavy atom. The molecule has 5 nitrogen and oxygen atoms in total. The summed E-state index contributed by atoms with van der Waals surface area (Å²) >= 11 is 0. The zero-order valence-corrected chi connectivity index (χ0v) is 7.93. The van der Waals surface area contributed by atoms with E-state index in [0.29, 0.717) is 5.82 Å². The van der Waals surface area contributed by atoms with Crippen LogP contribution in [0.5, 0.6) is 0 Å². The first-order valence-corrected chi connectivity index (χ1v) is 4.80. The van der Waals surface area contributed by atoms with Crippen LogP contribution in [-0.4, -0.2) is 27.8 Å². The third kappa shape index (κ3) is 1.77. The summed E-state index contributed by atoms with van der Waals surface area (Å²) in [4.78, 5) is 9.76. The molecule has 2 rings (SSSR count). The summed E-state index contributed by atoms with van der Waals surface area (Å²) in [5.41, 5.74) is 5.48. The van der Waals surface area contributed by atoms with E-state index in [1.807, 2.05) is 4.90 Å². The predicted octanol–water partition coefficient (Wildman–Crippen LogP) is 0.367. The van der Waals surface area contributed by atoms with Gasteiger partial charge >= 0.3 is 0 Å². The number of anilines is 2. The average Bonchev–Trinajstić information content (AvgIpc) is 2.18. The minimum absolute atomic E-state index is 0.250. The Hall–Kier alpha value is -1.36. The molecule has 0 radical (unpaired) electrons. The van der Waals surface area contributed by atoms with Crippen LogP contribution in [0.4, 0.5) is 11.8 Å². The van der Waals surface area contributed by atoms with Crippen LogP contribution in [0.2, 0.25) is 0 Å². The lowest BCUT2D eigenvalue weighted by Gasteiger charge is -2.32. The predicted molar refractivity (Wildman–Crippen MR) is 53.6 cm³/mol. The lowest BCUT2D eigenvalue weighted by molar-refractivity contribution is 0.139. The van der Waals surface area contributed by atoms with Crippen molar-refractivity contribution in [1.82, 2.24) is 9.97 Å². The molecule has 0 aliphatic carbocycles. The molecule has 1 aromatic heterocycles. The summed E-state index contributed by atoms with van der Waals surface area (Å²) in [6.45, 7) is 0.831. The van der Waals surface area contributed by atoms with Crippen molar-refractivity contribution >= 4 is 11.8 Å². The highest BCUT2D eigenvalue weighted by atomic mass is 16.3. The fourth-order valence-electron chi connectivity index (χ4n) is 1.70. The molecule has 2 heterocycles. The molecule has 1 atom stereocenters. The fourth-order valence-corrected chi connectivity index (χ4v) is 1.70. The van der Waals surface area contributed by atoms with Gasteiger partial charge in [0.1, 0.15) is 12.0 Å². The normalized spacial score (nSPS) is 22.4. The Balaban J connectivity index is 2.20. The first-order chi connectivity index (χ1) is 6.77. The van der Waals surface area contributed by atoms with Gasteiger partial charge in [-0.2, -0.15) is 4.98 Å². The Kier molecular flexibility index (Phi) is 2.49. The number of hydrogen-bond acceptors (Lipinski definition) is 5. The molecule has 0 bridgehead atoms. The number of nitrogen functional groups attached to an aromatic ring is 1. The third-order valence-electron chi connectivity index (χ3n) is 2.42. The monoisotopic (exact) mass is 194 g/mol. The largest absolute Gasteiger partial charge is 0.374 e. The van der Waals surface area contributed by atoms with Crippen molar-refractivity contribution in [1.29, 1.82) is 0 Å². The summed E-state index contributed by atoms with van der Waals surface area (Å²) in [6, 6.07) is 1.77. The van der Waals surface area contributed by atoms with Gasteiger partial charge < -0.3 is 15.7 Å². The summed E-state index contributed by atoms with van der Waals surface area (Å²) in [6.07, 6.45) is 4.13. The van der Waals surface area contributed by atoms with E-state index in [2.05, 4.69) is 9.97 Å². The van der Waals surface area contributed by atoms with Crippen molar-refractivity contribution < 1.29 is 5.11 Å². The van der Waals surface area contributed by atoms with Crippen LogP contribution < -0.4 is 10.6 Å². The minimum Gasteiger partial charge on any atom is -0.374 e. The van der Waals surface area contributed by atoms with Crippen LogP contribution >= 0.6 is 0 Å². The van der Waals surface area contributed by atoms with Gasteiger partial charge in [0.25, 0.3) is 0 Å². The molecule has 3 N–H and O–H groups in total. The highest BCUT2D eigenvalue weighted by Crippen LogP contribution is 2.21. The zero-order chi connectivity index (χ0) is 9.97. The first-order valence-electron chi connectivity index (χ1n) is 4.80. The third-order valence-corrected chi connectivity index (χ3v) is 2.42. The summed E-state index contributed by atoms with van der Waals surface area (Å²) in [5, 5.41) is 9.74. The summed E-state index contributed by atoms with van der Waals surface area (Å²) in [7, 11) is 0. The number of hydrogen-bond donors (Lipinski definition) is 2. The molecule has 0 saturated carbocycles. The van der Waals surface area contributed by atoms with Gasteiger partial charge in [-0.1, -0.05) is 0 Å². The van der Waals surface area contributed by atoms with Crippen molar-refractivity contribution in [2.24, 2.45) is 0 Å². The number of nitrogens with two attached hydrogens (primary N) is 1. The molecule has 5 heteroatoms.